The van der Waals surface area contributed by atoms with Crippen molar-refractivity contribution in [1.29, 1.82) is 0 Å². The first-order valence-electron chi connectivity index (χ1n) is 7.55. The lowest BCUT2D eigenvalue weighted by atomic mass is 10.0. The van der Waals surface area contributed by atoms with Crippen molar-refractivity contribution in [3.63, 3.8) is 0 Å². The van der Waals surface area contributed by atoms with Gasteiger partial charge in [0.2, 0.25) is 0 Å². The van der Waals surface area contributed by atoms with E-state index in [-0.39, 0.29) is 6.10 Å². The van der Waals surface area contributed by atoms with E-state index in [1.807, 2.05) is 18.2 Å². The average molecular weight is 261 g/mol. The average Bonchev–Trinajstić information content (AvgIpc) is 3.18. The van der Waals surface area contributed by atoms with Crippen LogP contribution in [0, 0.1) is 12.8 Å². The van der Waals surface area contributed by atoms with Crippen molar-refractivity contribution >= 4 is 0 Å². The minimum Gasteiger partial charge on any atom is -0.388 e. The molecule has 0 spiro atoms. The summed E-state index contributed by atoms with van der Waals surface area (Å²) in [6.07, 6.45) is 3.28. The van der Waals surface area contributed by atoms with Crippen molar-refractivity contribution in [2.75, 3.05) is 13.1 Å². The molecule has 0 heterocycles. The van der Waals surface area contributed by atoms with Gasteiger partial charge in [0, 0.05) is 19.1 Å². The van der Waals surface area contributed by atoms with Crippen molar-refractivity contribution in [2.24, 2.45) is 5.92 Å². The Balaban J connectivity index is 1.87. The van der Waals surface area contributed by atoms with E-state index >= 15 is 0 Å². The van der Waals surface area contributed by atoms with E-state index in [1.54, 1.807) is 0 Å². The predicted octanol–water partition coefficient (Wildman–Crippen LogP) is 3.54. The molecule has 1 aliphatic carbocycles. The van der Waals surface area contributed by atoms with Crippen LogP contribution in [-0.4, -0.2) is 29.1 Å². The summed E-state index contributed by atoms with van der Waals surface area (Å²) in [5.41, 5.74) is 2.27. The third-order valence-corrected chi connectivity index (χ3v) is 4.16. The molecular weight excluding hydrogens is 234 g/mol. The van der Waals surface area contributed by atoms with Gasteiger partial charge in [0.25, 0.3) is 0 Å². The summed E-state index contributed by atoms with van der Waals surface area (Å²) >= 11 is 0. The molecule has 0 amide bonds. The van der Waals surface area contributed by atoms with Gasteiger partial charge in [-0.25, -0.2) is 0 Å². The van der Waals surface area contributed by atoms with Gasteiger partial charge >= 0.3 is 0 Å². The van der Waals surface area contributed by atoms with Crippen molar-refractivity contribution in [3.8, 4) is 0 Å². The molecule has 0 aliphatic heterocycles. The minimum absolute atomic E-state index is 0.332. The first kappa shape index (κ1) is 14.5. The first-order chi connectivity index (χ1) is 9.08. The normalized spacial score (nSPS) is 17.2. The van der Waals surface area contributed by atoms with E-state index in [4.69, 9.17) is 0 Å². The number of hydrogen-bond acceptors (Lipinski definition) is 2. The van der Waals surface area contributed by atoms with Crippen LogP contribution >= 0.6 is 0 Å². The van der Waals surface area contributed by atoms with Gasteiger partial charge in [-0.05, 0) is 57.1 Å². The minimum atomic E-state index is -0.332. The number of rotatable bonds is 7. The van der Waals surface area contributed by atoms with Crippen LogP contribution < -0.4 is 0 Å². The Morgan fingerprint density at radius 2 is 1.95 bits per heavy atom. The van der Waals surface area contributed by atoms with E-state index in [9.17, 15) is 5.11 Å². The first-order valence-corrected chi connectivity index (χ1v) is 7.55. The van der Waals surface area contributed by atoms with Gasteiger partial charge in [-0.15, -0.1) is 0 Å². The maximum Gasteiger partial charge on any atom is 0.0804 e. The molecule has 1 aromatic rings. The second-order valence-corrected chi connectivity index (χ2v) is 6.19. The molecule has 1 atom stereocenters. The van der Waals surface area contributed by atoms with Crippen molar-refractivity contribution in [3.05, 3.63) is 35.4 Å². The standard InChI is InChI=1S/C17H27NO/c1-13(2)18(12-15-8-9-15)11-10-17(19)16-7-5-4-6-14(16)3/h4-7,13,15,17,19H,8-12H2,1-3H3. The number of aliphatic hydroxyl groups excluding tert-OH is 1. The molecule has 1 aliphatic rings. The molecule has 0 bridgehead atoms. The molecule has 1 aromatic carbocycles. The van der Waals surface area contributed by atoms with Crippen molar-refractivity contribution in [1.82, 2.24) is 4.90 Å². The highest BCUT2D eigenvalue weighted by atomic mass is 16.3. The number of aliphatic hydroxyl groups is 1. The zero-order chi connectivity index (χ0) is 13.8. The molecule has 1 fully saturated rings. The fourth-order valence-electron chi connectivity index (χ4n) is 2.60. The van der Waals surface area contributed by atoms with Crippen LogP contribution in [0.4, 0.5) is 0 Å². The molecule has 106 valence electrons. The second-order valence-electron chi connectivity index (χ2n) is 6.19. The largest absolute Gasteiger partial charge is 0.388 e. The van der Waals surface area contributed by atoms with E-state index in [0.717, 1.165) is 24.4 Å². The van der Waals surface area contributed by atoms with Gasteiger partial charge in [0.05, 0.1) is 6.10 Å². The summed E-state index contributed by atoms with van der Waals surface area (Å²) in [7, 11) is 0. The van der Waals surface area contributed by atoms with Crippen molar-refractivity contribution in [2.45, 2.75) is 52.2 Å². The Kier molecular flexibility index (Phi) is 5.00. The second kappa shape index (κ2) is 6.53. The fourth-order valence-corrected chi connectivity index (χ4v) is 2.60. The Morgan fingerprint density at radius 3 is 2.53 bits per heavy atom. The molecule has 19 heavy (non-hydrogen) atoms. The zero-order valence-corrected chi connectivity index (χ0v) is 12.5. The Labute approximate surface area is 117 Å². The molecule has 0 aromatic heterocycles. The molecule has 1 unspecified atom stereocenters. The van der Waals surface area contributed by atoms with E-state index in [2.05, 4.69) is 31.7 Å². The fraction of sp³-hybridized carbons (Fsp3) is 0.647. The van der Waals surface area contributed by atoms with Crippen LogP contribution in [0.1, 0.15) is 50.3 Å². The van der Waals surface area contributed by atoms with E-state index in [1.165, 1.54) is 24.9 Å². The van der Waals surface area contributed by atoms with E-state index in [0.29, 0.717) is 6.04 Å². The molecular formula is C17H27NO. The predicted molar refractivity (Wildman–Crippen MR) is 80.2 cm³/mol. The van der Waals surface area contributed by atoms with Crippen LogP contribution in [0.3, 0.4) is 0 Å². The van der Waals surface area contributed by atoms with Gasteiger partial charge in [0.1, 0.15) is 0 Å². The van der Waals surface area contributed by atoms with E-state index < -0.39 is 0 Å². The summed E-state index contributed by atoms with van der Waals surface area (Å²) in [6.45, 7) is 8.77. The summed E-state index contributed by atoms with van der Waals surface area (Å²) in [4.78, 5) is 2.51. The van der Waals surface area contributed by atoms with Crippen LogP contribution in [0.2, 0.25) is 0 Å². The molecule has 2 rings (SSSR count). The number of nitrogens with zero attached hydrogens (tertiary/aromatic N) is 1. The van der Waals surface area contributed by atoms with Gasteiger partial charge in [-0.1, -0.05) is 24.3 Å². The van der Waals surface area contributed by atoms with Gasteiger partial charge in [-0.2, -0.15) is 0 Å². The van der Waals surface area contributed by atoms with Crippen LogP contribution in [0.25, 0.3) is 0 Å². The SMILES string of the molecule is Cc1ccccc1C(O)CCN(CC1CC1)C(C)C. The molecule has 2 heteroatoms. The molecule has 1 N–H and O–H groups in total. The maximum atomic E-state index is 10.4. The molecule has 0 radical (unpaired) electrons. The highest BCUT2D eigenvalue weighted by Crippen LogP contribution is 2.30. The summed E-state index contributed by atoms with van der Waals surface area (Å²) < 4.78 is 0. The lowest BCUT2D eigenvalue weighted by Gasteiger charge is -2.27. The summed E-state index contributed by atoms with van der Waals surface area (Å²) in [6, 6.07) is 8.73. The zero-order valence-electron chi connectivity index (χ0n) is 12.5. The van der Waals surface area contributed by atoms with Gasteiger partial charge in [-0.3, -0.25) is 0 Å². The summed E-state index contributed by atoms with van der Waals surface area (Å²) in [5, 5.41) is 10.4. The van der Waals surface area contributed by atoms with Crippen LogP contribution in [0.5, 0.6) is 0 Å². The maximum absolute atomic E-state index is 10.4. The number of hydrogen-bond donors (Lipinski definition) is 1. The third kappa shape index (κ3) is 4.32. The number of benzene rings is 1. The summed E-state index contributed by atoms with van der Waals surface area (Å²) in [5.74, 6) is 0.915. The van der Waals surface area contributed by atoms with Crippen LogP contribution in [-0.2, 0) is 0 Å². The van der Waals surface area contributed by atoms with Crippen molar-refractivity contribution < 1.29 is 5.11 Å². The third-order valence-electron chi connectivity index (χ3n) is 4.16. The Bertz CT molecular complexity index is 398. The smallest absolute Gasteiger partial charge is 0.0804 e. The molecule has 2 nitrogen and oxygen atoms in total. The monoisotopic (exact) mass is 261 g/mol. The van der Waals surface area contributed by atoms with Gasteiger partial charge < -0.3 is 10.0 Å². The van der Waals surface area contributed by atoms with Crippen LogP contribution in [0.15, 0.2) is 24.3 Å². The quantitative estimate of drug-likeness (QED) is 0.811. The highest BCUT2D eigenvalue weighted by Gasteiger charge is 2.25. The topological polar surface area (TPSA) is 23.5 Å². The van der Waals surface area contributed by atoms with Gasteiger partial charge in [0.15, 0.2) is 0 Å². The lowest BCUT2D eigenvalue weighted by Crippen LogP contribution is -2.34. The highest BCUT2D eigenvalue weighted by molar-refractivity contribution is 5.27. The number of aryl methyl sites for hydroxylation is 1. The molecule has 0 saturated heterocycles. The lowest BCUT2D eigenvalue weighted by molar-refractivity contribution is 0.127. The Hall–Kier alpha value is -0.860. The Morgan fingerprint density at radius 1 is 1.26 bits per heavy atom. The molecule has 1 saturated carbocycles.